The Hall–Kier alpha value is -1.14. The van der Waals surface area contributed by atoms with Crippen LogP contribution in [0.2, 0.25) is 5.28 Å². The lowest BCUT2D eigenvalue weighted by atomic mass is 10.00. The van der Waals surface area contributed by atoms with Crippen LogP contribution < -0.4 is 9.64 Å². The van der Waals surface area contributed by atoms with E-state index in [1.807, 2.05) is 4.90 Å². The van der Waals surface area contributed by atoms with Gasteiger partial charge < -0.3 is 14.7 Å². The van der Waals surface area contributed by atoms with Crippen molar-refractivity contribution in [2.45, 2.75) is 18.9 Å². The molecule has 98 valence electrons. The molecule has 3 rings (SSSR count). The third kappa shape index (κ3) is 1.99. The Kier molecular flexibility index (Phi) is 2.99. The Morgan fingerprint density at radius 3 is 2.83 bits per heavy atom. The lowest BCUT2D eigenvalue weighted by molar-refractivity contribution is 0.133. The number of aliphatic hydroxyl groups is 1. The summed E-state index contributed by atoms with van der Waals surface area (Å²) >= 11 is 5.84. The average molecular weight is 271 g/mol. The number of methoxy groups -OCH3 is 1. The topological polar surface area (TPSA) is 71.4 Å². The summed E-state index contributed by atoms with van der Waals surface area (Å²) in [4.78, 5) is 14.2. The van der Waals surface area contributed by atoms with E-state index in [9.17, 15) is 5.11 Å². The molecule has 1 aromatic rings. The van der Waals surface area contributed by atoms with E-state index in [4.69, 9.17) is 16.3 Å². The molecule has 0 spiro atoms. The summed E-state index contributed by atoms with van der Waals surface area (Å²) in [6.45, 7) is 1.64. The van der Waals surface area contributed by atoms with Crippen LogP contribution in [0.5, 0.6) is 6.01 Å². The summed E-state index contributed by atoms with van der Waals surface area (Å²) in [5, 5.41) is 10.0. The molecular weight excluding hydrogens is 256 g/mol. The van der Waals surface area contributed by atoms with Crippen LogP contribution in [-0.4, -0.2) is 46.4 Å². The zero-order valence-corrected chi connectivity index (χ0v) is 10.8. The molecule has 1 aliphatic heterocycles. The van der Waals surface area contributed by atoms with Crippen molar-refractivity contribution in [2.24, 2.45) is 11.8 Å². The number of anilines is 1. The molecule has 0 aromatic carbocycles. The first kappa shape index (κ1) is 11.9. The van der Waals surface area contributed by atoms with Crippen molar-refractivity contribution in [3.63, 3.8) is 0 Å². The Morgan fingerprint density at radius 1 is 1.28 bits per heavy atom. The van der Waals surface area contributed by atoms with E-state index in [1.54, 1.807) is 0 Å². The minimum absolute atomic E-state index is 0.134. The zero-order chi connectivity index (χ0) is 12.7. The Labute approximate surface area is 110 Å². The SMILES string of the molecule is COc1nc(Cl)nc(N2CC3CCC(O)C3C2)n1. The second kappa shape index (κ2) is 4.51. The monoisotopic (exact) mass is 270 g/mol. The van der Waals surface area contributed by atoms with Gasteiger partial charge >= 0.3 is 6.01 Å². The van der Waals surface area contributed by atoms with Gasteiger partial charge in [-0.05, 0) is 30.4 Å². The third-order valence-electron chi connectivity index (χ3n) is 3.86. The summed E-state index contributed by atoms with van der Waals surface area (Å²) < 4.78 is 4.99. The molecule has 7 heteroatoms. The Balaban J connectivity index is 1.82. The normalized spacial score (nSPS) is 30.6. The Bertz CT molecular complexity index is 459. The van der Waals surface area contributed by atoms with Crippen LogP contribution in [0, 0.1) is 11.8 Å². The maximum absolute atomic E-state index is 9.89. The summed E-state index contributed by atoms with van der Waals surface area (Å²) in [5.41, 5.74) is 0. The molecule has 1 saturated carbocycles. The van der Waals surface area contributed by atoms with Gasteiger partial charge in [-0.1, -0.05) is 0 Å². The highest BCUT2D eigenvalue weighted by Crippen LogP contribution is 2.39. The van der Waals surface area contributed by atoms with E-state index >= 15 is 0 Å². The fraction of sp³-hybridized carbons (Fsp3) is 0.727. The predicted molar refractivity (Wildman–Crippen MR) is 65.8 cm³/mol. The first-order chi connectivity index (χ1) is 8.67. The molecule has 0 radical (unpaired) electrons. The van der Waals surface area contributed by atoms with Gasteiger partial charge in [0.25, 0.3) is 0 Å². The zero-order valence-electron chi connectivity index (χ0n) is 10.1. The van der Waals surface area contributed by atoms with Gasteiger partial charge in [-0.2, -0.15) is 15.0 Å². The van der Waals surface area contributed by atoms with Gasteiger partial charge in [0.05, 0.1) is 13.2 Å². The maximum Gasteiger partial charge on any atom is 0.322 e. The molecular formula is C11H15ClN4O2. The molecule has 1 aromatic heterocycles. The van der Waals surface area contributed by atoms with E-state index in [0.717, 1.165) is 25.9 Å². The second-order valence-corrected chi connectivity index (χ2v) is 5.20. The van der Waals surface area contributed by atoms with Crippen LogP contribution in [0.4, 0.5) is 5.95 Å². The van der Waals surface area contributed by atoms with E-state index in [1.165, 1.54) is 7.11 Å². The average Bonchev–Trinajstić information content (AvgIpc) is 2.91. The summed E-state index contributed by atoms with van der Waals surface area (Å²) in [7, 11) is 1.50. The fourth-order valence-corrected chi connectivity index (χ4v) is 3.10. The molecule has 18 heavy (non-hydrogen) atoms. The fourth-order valence-electron chi connectivity index (χ4n) is 2.95. The molecule has 3 atom stereocenters. The van der Waals surface area contributed by atoms with E-state index < -0.39 is 0 Å². The van der Waals surface area contributed by atoms with Gasteiger partial charge in [0.15, 0.2) is 0 Å². The van der Waals surface area contributed by atoms with Crippen molar-refractivity contribution in [1.82, 2.24) is 15.0 Å². The van der Waals surface area contributed by atoms with Gasteiger partial charge in [0.1, 0.15) is 0 Å². The number of aliphatic hydroxyl groups excluding tert-OH is 1. The third-order valence-corrected chi connectivity index (χ3v) is 4.03. The molecule has 2 aliphatic rings. The molecule has 0 amide bonds. The van der Waals surface area contributed by atoms with Crippen LogP contribution in [0.1, 0.15) is 12.8 Å². The molecule has 6 nitrogen and oxygen atoms in total. The molecule has 1 aliphatic carbocycles. The largest absolute Gasteiger partial charge is 0.467 e. The number of hydrogen-bond donors (Lipinski definition) is 1. The molecule has 2 heterocycles. The number of ether oxygens (including phenoxy) is 1. The van der Waals surface area contributed by atoms with Crippen LogP contribution in [0.25, 0.3) is 0 Å². The van der Waals surface area contributed by atoms with Crippen LogP contribution >= 0.6 is 11.6 Å². The molecule has 2 fully saturated rings. The van der Waals surface area contributed by atoms with E-state index in [0.29, 0.717) is 17.8 Å². The lowest BCUT2D eigenvalue weighted by Crippen LogP contribution is -2.26. The predicted octanol–water partition coefficient (Wildman–Crippen LogP) is 0.741. The van der Waals surface area contributed by atoms with Crippen molar-refractivity contribution < 1.29 is 9.84 Å². The lowest BCUT2D eigenvalue weighted by Gasteiger charge is -2.18. The van der Waals surface area contributed by atoms with Gasteiger partial charge in [-0.3, -0.25) is 0 Å². The minimum Gasteiger partial charge on any atom is -0.467 e. The number of fused-ring (bicyclic) bond motifs is 1. The highest BCUT2D eigenvalue weighted by Gasteiger charge is 2.42. The highest BCUT2D eigenvalue weighted by atomic mass is 35.5. The summed E-state index contributed by atoms with van der Waals surface area (Å²) in [5.74, 6) is 1.39. The van der Waals surface area contributed by atoms with Crippen LogP contribution in [0.15, 0.2) is 0 Å². The molecule has 3 unspecified atom stereocenters. The van der Waals surface area contributed by atoms with Gasteiger partial charge in [0.2, 0.25) is 11.2 Å². The van der Waals surface area contributed by atoms with Crippen molar-refractivity contribution in [2.75, 3.05) is 25.1 Å². The quantitative estimate of drug-likeness (QED) is 0.855. The number of halogens is 1. The first-order valence-electron chi connectivity index (χ1n) is 6.06. The van der Waals surface area contributed by atoms with Crippen molar-refractivity contribution in [3.8, 4) is 6.01 Å². The second-order valence-electron chi connectivity index (χ2n) is 4.86. The first-order valence-corrected chi connectivity index (χ1v) is 6.43. The van der Waals surface area contributed by atoms with Crippen molar-refractivity contribution >= 4 is 17.5 Å². The highest BCUT2D eigenvalue weighted by molar-refractivity contribution is 6.28. The Morgan fingerprint density at radius 2 is 2.11 bits per heavy atom. The van der Waals surface area contributed by atoms with Crippen molar-refractivity contribution in [3.05, 3.63) is 5.28 Å². The maximum atomic E-state index is 9.89. The van der Waals surface area contributed by atoms with Crippen molar-refractivity contribution in [1.29, 1.82) is 0 Å². The number of aromatic nitrogens is 3. The van der Waals surface area contributed by atoms with Crippen LogP contribution in [0.3, 0.4) is 0 Å². The number of rotatable bonds is 2. The van der Waals surface area contributed by atoms with Gasteiger partial charge in [-0.25, -0.2) is 0 Å². The standard InChI is InChI=1S/C11H15ClN4O2/c1-18-11-14-9(12)13-10(15-11)16-4-6-2-3-8(17)7(6)5-16/h6-8,17H,2-5H2,1H3. The smallest absolute Gasteiger partial charge is 0.322 e. The summed E-state index contributed by atoms with van der Waals surface area (Å²) in [6.07, 6.45) is 1.78. The van der Waals surface area contributed by atoms with Gasteiger partial charge in [-0.15, -0.1) is 0 Å². The molecule has 0 bridgehead atoms. The van der Waals surface area contributed by atoms with Crippen LogP contribution in [-0.2, 0) is 0 Å². The molecule has 1 saturated heterocycles. The summed E-state index contributed by atoms with van der Waals surface area (Å²) in [6, 6.07) is 0.225. The van der Waals surface area contributed by atoms with E-state index in [-0.39, 0.29) is 17.4 Å². The molecule has 1 N–H and O–H groups in total. The van der Waals surface area contributed by atoms with Gasteiger partial charge in [0, 0.05) is 19.0 Å². The van der Waals surface area contributed by atoms with E-state index in [2.05, 4.69) is 15.0 Å². The number of hydrogen-bond acceptors (Lipinski definition) is 6. The number of nitrogens with zero attached hydrogens (tertiary/aromatic N) is 4. The minimum atomic E-state index is -0.195.